The van der Waals surface area contributed by atoms with Crippen molar-refractivity contribution in [2.24, 2.45) is 5.92 Å². The van der Waals surface area contributed by atoms with Crippen molar-refractivity contribution in [3.05, 3.63) is 33.8 Å². The van der Waals surface area contributed by atoms with Crippen molar-refractivity contribution in [1.29, 1.82) is 0 Å². The Hall–Kier alpha value is -0.820. The van der Waals surface area contributed by atoms with E-state index in [-0.39, 0.29) is 11.8 Å². The molecule has 1 aromatic carbocycles. The fraction of sp³-hybridized carbons (Fsp3) is 0.357. The molecule has 116 valence electrons. The summed E-state index contributed by atoms with van der Waals surface area (Å²) in [6.45, 7) is 0. The average molecular weight is 374 g/mol. The van der Waals surface area contributed by atoms with Crippen LogP contribution in [0.25, 0.3) is 0 Å². The predicted octanol–water partition coefficient (Wildman–Crippen LogP) is 4.88. The van der Waals surface area contributed by atoms with E-state index < -0.39 is 0 Å². The van der Waals surface area contributed by atoms with Crippen LogP contribution in [0, 0.1) is 5.92 Å². The van der Waals surface area contributed by atoms with Gasteiger partial charge in [0.05, 0.1) is 10.0 Å². The molecule has 0 radical (unpaired) electrons. The van der Waals surface area contributed by atoms with Gasteiger partial charge in [-0.25, -0.2) is 0 Å². The van der Waals surface area contributed by atoms with E-state index in [1.54, 1.807) is 17.8 Å². The van der Waals surface area contributed by atoms with Crippen molar-refractivity contribution in [1.82, 2.24) is 10.2 Å². The van der Waals surface area contributed by atoms with Crippen LogP contribution in [0.1, 0.15) is 24.8 Å². The molecule has 0 spiro atoms. The number of nitrogens with zero attached hydrogens (tertiary/aromatic N) is 2. The molecular formula is C14H13Cl2N3OS2. The van der Waals surface area contributed by atoms with E-state index in [1.807, 2.05) is 12.1 Å². The SMILES string of the molecule is O=C(Nc1nnc(SCc2ccc(Cl)c(Cl)c2)s1)C1CCC1. The molecule has 0 unspecified atom stereocenters. The van der Waals surface area contributed by atoms with E-state index in [1.165, 1.54) is 11.3 Å². The Morgan fingerprint density at radius 3 is 2.82 bits per heavy atom. The molecule has 1 fully saturated rings. The topological polar surface area (TPSA) is 54.9 Å². The van der Waals surface area contributed by atoms with E-state index in [9.17, 15) is 4.79 Å². The van der Waals surface area contributed by atoms with E-state index in [2.05, 4.69) is 15.5 Å². The van der Waals surface area contributed by atoms with Crippen LogP contribution in [-0.2, 0) is 10.5 Å². The van der Waals surface area contributed by atoms with Crippen molar-refractivity contribution < 1.29 is 4.79 Å². The molecule has 1 N–H and O–H groups in total. The number of carbonyl (C=O) groups excluding carboxylic acids is 1. The summed E-state index contributed by atoms with van der Waals surface area (Å²) >= 11 is 14.8. The summed E-state index contributed by atoms with van der Waals surface area (Å²) in [5.41, 5.74) is 1.06. The number of thioether (sulfide) groups is 1. The van der Waals surface area contributed by atoms with Crippen molar-refractivity contribution >= 4 is 57.3 Å². The maximum atomic E-state index is 11.8. The smallest absolute Gasteiger partial charge is 0.229 e. The molecule has 4 nitrogen and oxygen atoms in total. The molecule has 22 heavy (non-hydrogen) atoms. The van der Waals surface area contributed by atoms with Crippen LogP contribution < -0.4 is 5.32 Å². The van der Waals surface area contributed by atoms with Crippen LogP contribution in [0.2, 0.25) is 10.0 Å². The fourth-order valence-electron chi connectivity index (χ4n) is 1.97. The summed E-state index contributed by atoms with van der Waals surface area (Å²) < 4.78 is 0.815. The molecule has 1 amide bonds. The monoisotopic (exact) mass is 373 g/mol. The summed E-state index contributed by atoms with van der Waals surface area (Å²) in [4.78, 5) is 11.8. The van der Waals surface area contributed by atoms with Crippen LogP contribution in [0.15, 0.2) is 22.5 Å². The lowest BCUT2D eigenvalue weighted by atomic mass is 9.85. The van der Waals surface area contributed by atoms with Crippen molar-refractivity contribution in [2.75, 3.05) is 5.32 Å². The maximum Gasteiger partial charge on any atom is 0.229 e. The van der Waals surface area contributed by atoms with Gasteiger partial charge in [0, 0.05) is 11.7 Å². The van der Waals surface area contributed by atoms with E-state index in [4.69, 9.17) is 23.2 Å². The van der Waals surface area contributed by atoms with Gasteiger partial charge in [-0.1, -0.05) is 58.8 Å². The number of benzene rings is 1. The van der Waals surface area contributed by atoms with Crippen LogP contribution in [0.3, 0.4) is 0 Å². The first-order chi connectivity index (χ1) is 10.6. The normalized spacial score (nSPS) is 14.6. The van der Waals surface area contributed by atoms with E-state index in [0.717, 1.165) is 34.9 Å². The molecular weight excluding hydrogens is 361 g/mol. The highest BCUT2D eigenvalue weighted by Crippen LogP contribution is 2.32. The highest BCUT2D eigenvalue weighted by Gasteiger charge is 2.25. The molecule has 1 aliphatic carbocycles. The van der Waals surface area contributed by atoms with E-state index >= 15 is 0 Å². The zero-order valence-electron chi connectivity index (χ0n) is 11.5. The molecule has 1 heterocycles. The molecule has 1 aromatic heterocycles. The molecule has 2 aromatic rings. The number of rotatable bonds is 5. The third-order valence-corrected chi connectivity index (χ3v) is 6.24. The second-order valence-electron chi connectivity index (χ2n) is 5.03. The minimum Gasteiger partial charge on any atom is -0.300 e. The average Bonchev–Trinajstić information content (AvgIpc) is 2.85. The molecule has 1 saturated carbocycles. The first-order valence-corrected chi connectivity index (χ1v) is 9.39. The molecule has 8 heteroatoms. The van der Waals surface area contributed by atoms with Gasteiger partial charge in [0.1, 0.15) is 0 Å². The Labute approximate surface area is 146 Å². The standard InChI is InChI=1S/C14H13Cl2N3OS2/c15-10-5-4-8(6-11(10)16)7-21-14-19-18-13(22-14)17-12(20)9-2-1-3-9/h4-6,9H,1-3,7H2,(H,17,18,20). The van der Waals surface area contributed by atoms with Crippen LogP contribution >= 0.6 is 46.3 Å². The van der Waals surface area contributed by atoms with Gasteiger partial charge in [-0.2, -0.15) is 0 Å². The zero-order valence-corrected chi connectivity index (χ0v) is 14.7. The summed E-state index contributed by atoms with van der Waals surface area (Å²) in [6.07, 6.45) is 3.09. The number of carbonyl (C=O) groups is 1. The lowest BCUT2D eigenvalue weighted by Gasteiger charge is -2.23. The highest BCUT2D eigenvalue weighted by molar-refractivity contribution is 8.00. The molecule has 0 aliphatic heterocycles. The van der Waals surface area contributed by atoms with Gasteiger partial charge in [-0.05, 0) is 30.5 Å². The number of nitrogens with one attached hydrogen (secondary N) is 1. The lowest BCUT2D eigenvalue weighted by Crippen LogP contribution is -2.27. The van der Waals surface area contributed by atoms with Crippen LogP contribution in [0.4, 0.5) is 5.13 Å². The second-order valence-corrected chi connectivity index (χ2v) is 8.04. The number of hydrogen-bond acceptors (Lipinski definition) is 5. The molecule has 0 saturated heterocycles. The number of anilines is 1. The van der Waals surface area contributed by atoms with Gasteiger partial charge in [0.15, 0.2) is 4.34 Å². The van der Waals surface area contributed by atoms with Crippen molar-refractivity contribution in [3.63, 3.8) is 0 Å². The molecule has 1 aliphatic rings. The quantitative estimate of drug-likeness (QED) is 0.599. The Kier molecular flexibility index (Phi) is 5.23. The Balaban J connectivity index is 1.54. The second kappa shape index (κ2) is 7.17. The van der Waals surface area contributed by atoms with Crippen molar-refractivity contribution in [2.45, 2.75) is 29.4 Å². The summed E-state index contributed by atoms with van der Waals surface area (Å²) in [7, 11) is 0. The third-order valence-electron chi connectivity index (χ3n) is 3.46. The lowest BCUT2D eigenvalue weighted by molar-refractivity contribution is -0.122. The molecule has 0 atom stereocenters. The van der Waals surface area contributed by atoms with E-state index in [0.29, 0.717) is 15.2 Å². The fourth-order valence-corrected chi connectivity index (χ4v) is 3.99. The predicted molar refractivity (Wildman–Crippen MR) is 91.9 cm³/mol. The van der Waals surface area contributed by atoms with Gasteiger partial charge in [0.25, 0.3) is 0 Å². The third kappa shape index (κ3) is 3.93. The van der Waals surface area contributed by atoms with Crippen molar-refractivity contribution in [3.8, 4) is 0 Å². The number of hydrogen-bond donors (Lipinski definition) is 1. The van der Waals surface area contributed by atoms with Gasteiger partial charge >= 0.3 is 0 Å². The number of halogens is 2. The van der Waals surface area contributed by atoms with Gasteiger partial charge in [0.2, 0.25) is 11.0 Å². The summed E-state index contributed by atoms with van der Waals surface area (Å²) in [6, 6.07) is 5.56. The first-order valence-electron chi connectivity index (χ1n) is 6.83. The molecule has 0 bridgehead atoms. The Bertz CT molecular complexity index is 688. The largest absolute Gasteiger partial charge is 0.300 e. The first kappa shape index (κ1) is 16.1. The van der Waals surface area contributed by atoms with Gasteiger partial charge < -0.3 is 5.32 Å². The van der Waals surface area contributed by atoms with Crippen LogP contribution in [-0.4, -0.2) is 16.1 Å². The van der Waals surface area contributed by atoms with Gasteiger partial charge in [-0.15, -0.1) is 10.2 Å². The molecule has 3 rings (SSSR count). The minimum atomic E-state index is 0.0587. The number of aromatic nitrogens is 2. The summed E-state index contributed by atoms with van der Waals surface area (Å²) in [5.74, 6) is 0.932. The Morgan fingerprint density at radius 2 is 2.14 bits per heavy atom. The van der Waals surface area contributed by atoms with Gasteiger partial charge in [-0.3, -0.25) is 4.79 Å². The van der Waals surface area contributed by atoms with Crippen LogP contribution in [0.5, 0.6) is 0 Å². The zero-order chi connectivity index (χ0) is 15.5. The summed E-state index contributed by atoms with van der Waals surface area (Å²) in [5, 5.41) is 12.6. The number of amides is 1. The highest BCUT2D eigenvalue weighted by atomic mass is 35.5. The Morgan fingerprint density at radius 1 is 1.32 bits per heavy atom. The maximum absolute atomic E-state index is 11.8. The minimum absolute atomic E-state index is 0.0587.